The first-order valence-corrected chi connectivity index (χ1v) is 10.2. The SMILES string of the molecule is O=C(c1cccnc1)N1CCC2(CCN(CC3CCOCC3)CC2)CC1. The van der Waals surface area contributed by atoms with Crippen LogP contribution in [0.5, 0.6) is 0 Å². The molecule has 1 aromatic heterocycles. The summed E-state index contributed by atoms with van der Waals surface area (Å²) in [6.45, 7) is 7.40. The molecule has 142 valence electrons. The van der Waals surface area contributed by atoms with E-state index in [4.69, 9.17) is 4.74 Å². The number of hydrogen-bond donors (Lipinski definition) is 0. The number of rotatable bonds is 3. The van der Waals surface area contributed by atoms with E-state index in [2.05, 4.69) is 9.88 Å². The van der Waals surface area contributed by atoms with Crippen molar-refractivity contribution in [2.45, 2.75) is 38.5 Å². The van der Waals surface area contributed by atoms with Gasteiger partial charge in [-0.2, -0.15) is 0 Å². The zero-order chi connectivity index (χ0) is 17.8. The maximum atomic E-state index is 12.6. The van der Waals surface area contributed by atoms with E-state index in [0.29, 0.717) is 5.41 Å². The molecule has 3 aliphatic heterocycles. The lowest BCUT2D eigenvalue weighted by Gasteiger charge is -2.47. The fourth-order valence-electron chi connectivity index (χ4n) is 4.86. The van der Waals surface area contributed by atoms with E-state index in [-0.39, 0.29) is 5.91 Å². The Bertz CT molecular complexity index is 583. The van der Waals surface area contributed by atoms with E-state index in [1.807, 2.05) is 17.0 Å². The van der Waals surface area contributed by atoms with Gasteiger partial charge in [0.25, 0.3) is 5.91 Å². The van der Waals surface area contributed by atoms with Crippen molar-refractivity contribution >= 4 is 5.91 Å². The van der Waals surface area contributed by atoms with Crippen LogP contribution in [0.4, 0.5) is 0 Å². The monoisotopic (exact) mass is 357 g/mol. The summed E-state index contributed by atoms with van der Waals surface area (Å²) in [4.78, 5) is 21.4. The summed E-state index contributed by atoms with van der Waals surface area (Å²) in [5, 5.41) is 0. The highest BCUT2D eigenvalue weighted by atomic mass is 16.5. The second-order valence-electron chi connectivity index (χ2n) is 8.39. The third-order valence-corrected chi connectivity index (χ3v) is 6.79. The van der Waals surface area contributed by atoms with Crippen LogP contribution in [0.2, 0.25) is 0 Å². The third-order valence-electron chi connectivity index (χ3n) is 6.79. The van der Waals surface area contributed by atoms with Crippen molar-refractivity contribution in [3.05, 3.63) is 30.1 Å². The summed E-state index contributed by atoms with van der Waals surface area (Å²) in [5.41, 5.74) is 1.19. The first-order valence-electron chi connectivity index (χ1n) is 10.2. The molecule has 0 bridgehead atoms. The minimum absolute atomic E-state index is 0.143. The molecule has 1 spiro atoms. The summed E-state index contributed by atoms with van der Waals surface area (Å²) in [6, 6.07) is 3.71. The minimum atomic E-state index is 0.143. The molecule has 4 rings (SSSR count). The molecule has 1 amide bonds. The maximum Gasteiger partial charge on any atom is 0.255 e. The molecule has 0 unspecified atom stereocenters. The van der Waals surface area contributed by atoms with Crippen molar-refractivity contribution in [3.63, 3.8) is 0 Å². The van der Waals surface area contributed by atoms with E-state index in [9.17, 15) is 4.79 Å². The molecule has 0 radical (unpaired) electrons. The molecule has 0 aliphatic carbocycles. The molecule has 3 aliphatic rings. The maximum absolute atomic E-state index is 12.6. The van der Waals surface area contributed by atoms with Crippen LogP contribution in [-0.4, -0.2) is 66.6 Å². The Morgan fingerprint density at radius 3 is 2.46 bits per heavy atom. The number of pyridine rings is 1. The summed E-state index contributed by atoms with van der Waals surface area (Å²) < 4.78 is 5.49. The molecule has 3 saturated heterocycles. The van der Waals surface area contributed by atoms with Gasteiger partial charge in [0.1, 0.15) is 0 Å². The summed E-state index contributed by atoms with van der Waals surface area (Å²) in [5.74, 6) is 0.974. The fraction of sp³-hybridized carbons (Fsp3) is 0.714. The van der Waals surface area contributed by atoms with Gasteiger partial charge >= 0.3 is 0 Å². The first-order chi connectivity index (χ1) is 12.7. The van der Waals surface area contributed by atoms with Crippen LogP contribution >= 0.6 is 0 Å². The number of carbonyl (C=O) groups excluding carboxylic acids is 1. The van der Waals surface area contributed by atoms with Gasteiger partial charge in [-0.3, -0.25) is 9.78 Å². The predicted octanol–water partition coefficient (Wildman–Crippen LogP) is 2.83. The summed E-state index contributed by atoms with van der Waals surface area (Å²) in [7, 11) is 0. The van der Waals surface area contributed by atoms with Crippen molar-refractivity contribution in [2.75, 3.05) is 45.9 Å². The van der Waals surface area contributed by atoms with Gasteiger partial charge in [-0.25, -0.2) is 0 Å². The van der Waals surface area contributed by atoms with Gasteiger partial charge < -0.3 is 14.5 Å². The first kappa shape index (κ1) is 17.9. The molecule has 26 heavy (non-hydrogen) atoms. The van der Waals surface area contributed by atoms with Gasteiger partial charge in [0.15, 0.2) is 0 Å². The topological polar surface area (TPSA) is 45.7 Å². The van der Waals surface area contributed by atoms with Crippen LogP contribution in [0.3, 0.4) is 0 Å². The van der Waals surface area contributed by atoms with Crippen LogP contribution < -0.4 is 0 Å². The Kier molecular flexibility index (Phi) is 5.55. The number of aromatic nitrogens is 1. The highest BCUT2D eigenvalue weighted by Crippen LogP contribution is 2.41. The van der Waals surface area contributed by atoms with E-state index >= 15 is 0 Å². The molecule has 1 aromatic rings. The lowest BCUT2D eigenvalue weighted by molar-refractivity contribution is 0.0139. The van der Waals surface area contributed by atoms with Crippen LogP contribution in [0.25, 0.3) is 0 Å². The molecule has 4 heterocycles. The normalized spacial score (nSPS) is 24.7. The number of likely N-dealkylation sites (tertiary alicyclic amines) is 2. The molecule has 3 fully saturated rings. The number of nitrogens with zero attached hydrogens (tertiary/aromatic N) is 3. The molecule has 0 N–H and O–H groups in total. The standard InChI is InChI=1S/C21H31N3O2/c25-20(19-2-1-9-22-16-19)24-12-7-21(8-13-24)5-10-23(11-6-21)17-18-3-14-26-15-4-18/h1-2,9,16,18H,3-8,10-15,17H2. The second-order valence-corrected chi connectivity index (χ2v) is 8.39. The number of ether oxygens (including phenoxy) is 1. The van der Waals surface area contributed by atoms with Gasteiger partial charge in [-0.05, 0) is 75.1 Å². The van der Waals surface area contributed by atoms with Gasteiger partial charge in [0, 0.05) is 45.2 Å². The van der Waals surface area contributed by atoms with Gasteiger partial charge in [0.2, 0.25) is 0 Å². The van der Waals surface area contributed by atoms with Crippen LogP contribution in [0.1, 0.15) is 48.9 Å². The number of carbonyl (C=O) groups is 1. The van der Waals surface area contributed by atoms with Crippen molar-refractivity contribution in [1.29, 1.82) is 0 Å². The molecule has 0 aromatic carbocycles. The summed E-state index contributed by atoms with van der Waals surface area (Å²) in [6.07, 6.45) is 10.8. The van der Waals surface area contributed by atoms with Gasteiger partial charge in [0.05, 0.1) is 5.56 Å². The smallest absolute Gasteiger partial charge is 0.255 e. The van der Waals surface area contributed by atoms with Crippen molar-refractivity contribution in [3.8, 4) is 0 Å². The van der Waals surface area contributed by atoms with Crippen LogP contribution in [-0.2, 0) is 4.74 Å². The molecule has 5 nitrogen and oxygen atoms in total. The summed E-state index contributed by atoms with van der Waals surface area (Å²) >= 11 is 0. The second kappa shape index (κ2) is 8.05. The average Bonchev–Trinajstić information content (AvgIpc) is 2.71. The molecule has 0 atom stereocenters. The largest absolute Gasteiger partial charge is 0.381 e. The Labute approximate surface area is 156 Å². The van der Waals surface area contributed by atoms with Gasteiger partial charge in [-0.15, -0.1) is 0 Å². The lowest BCUT2D eigenvalue weighted by Crippen LogP contribution is -2.49. The fourth-order valence-corrected chi connectivity index (χ4v) is 4.86. The number of piperidine rings is 2. The predicted molar refractivity (Wildman–Crippen MR) is 101 cm³/mol. The average molecular weight is 357 g/mol. The molecule has 5 heteroatoms. The van der Waals surface area contributed by atoms with Gasteiger partial charge in [-0.1, -0.05) is 0 Å². The van der Waals surface area contributed by atoms with E-state index in [1.54, 1.807) is 12.4 Å². The quantitative estimate of drug-likeness (QED) is 0.834. The highest BCUT2D eigenvalue weighted by Gasteiger charge is 2.38. The Morgan fingerprint density at radius 2 is 1.81 bits per heavy atom. The van der Waals surface area contributed by atoms with E-state index in [0.717, 1.165) is 50.6 Å². The highest BCUT2D eigenvalue weighted by molar-refractivity contribution is 5.93. The third kappa shape index (κ3) is 4.09. The van der Waals surface area contributed by atoms with Crippen molar-refractivity contribution in [1.82, 2.24) is 14.8 Å². The van der Waals surface area contributed by atoms with Crippen molar-refractivity contribution < 1.29 is 9.53 Å². The molecule has 0 saturated carbocycles. The Balaban J connectivity index is 1.25. The number of amides is 1. The zero-order valence-electron chi connectivity index (χ0n) is 15.7. The zero-order valence-corrected chi connectivity index (χ0v) is 15.7. The number of hydrogen-bond acceptors (Lipinski definition) is 4. The Hall–Kier alpha value is -1.46. The van der Waals surface area contributed by atoms with Crippen LogP contribution in [0, 0.1) is 11.3 Å². The molecular formula is C21H31N3O2. The molecular weight excluding hydrogens is 326 g/mol. The minimum Gasteiger partial charge on any atom is -0.381 e. The Morgan fingerprint density at radius 1 is 1.12 bits per heavy atom. The van der Waals surface area contributed by atoms with E-state index in [1.165, 1.54) is 45.3 Å². The van der Waals surface area contributed by atoms with Crippen molar-refractivity contribution in [2.24, 2.45) is 11.3 Å². The van der Waals surface area contributed by atoms with Crippen LogP contribution in [0.15, 0.2) is 24.5 Å². The lowest BCUT2D eigenvalue weighted by atomic mass is 9.71. The van der Waals surface area contributed by atoms with E-state index < -0.39 is 0 Å².